The monoisotopic (exact) mass is 270 g/mol. The Bertz CT molecular complexity index is 573. The predicted molar refractivity (Wildman–Crippen MR) is 68.1 cm³/mol. The number of nitrogen functional groups attached to an aromatic ring is 1. The number of benzene rings is 1. The van der Waals surface area contributed by atoms with E-state index in [1.165, 1.54) is 23.4 Å². The van der Waals surface area contributed by atoms with Crippen LogP contribution in [0.2, 0.25) is 0 Å². The average Bonchev–Trinajstić information content (AvgIpc) is 2.36. The van der Waals surface area contributed by atoms with E-state index in [1.807, 2.05) is 6.08 Å². The van der Waals surface area contributed by atoms with Crippen molar-refractivity contribution in [1.82, 2.24) is 4.31 Å². The van der Waals surface area contributed by atoms with Gasteiger partial charge in [-0.3, -0.25) is 0 Å². The topological polar surface area (TPSA) is 63.4 Å². The second kappa shape index (κ2) is 4.70. The molecule has 1 aromatic rings. The van der Waals surface area contributed by atoms with E-state index in [0.29, 0.717) is 19.5 Å². The maximum absolute atomic E-state index is 13.4. The van der Waals surface area contributed by atoms with Crippen LogP contribution in [0.4, 0.5) is 10.1 Å². The molecular formula is C12H15FN2O2S. The summed E-state index contributed by atoms with van der Waals surface area (Å²) in [5, 5.41) is 0. The smallest absolute Gasteiger partial charge is 0.243 e. The number of nitrogens with zero attached hydrogens (tertiary/aromatic N) is 1. The molecule has 0 saturated heterocycles. The molecule has 0 aliphatic carbocycles. The third-order valence-corrected chi connectivity index (χ3v) is 4.76. The average molecular weight is 270 g/mol. The van der Waals surface area contributed by atoms with Gasteiger partial charge in [-0.1, -0.05) is 12.2 Å². The molecule has 4 nitrogen and oxygen atoms in total. The Kier molecular flexibility index (Phi) is 3.41. The van der Waals surface area contributed by atoms with Gasteiger partial charge >= 0.3 is 0 Å². The summed E-state index contributed by atoms with van der Waals surface area (Å²) in [5.74, 6) is -0.563. The third-order valence-electron chi connectivity index (χ3n) is 2.91. The lowest BCUT2D eigenvalue weighted by atomic mass is 10.2. The summed E-state index contributed by atoms with van der Waals surface area (Å²) in [5.41, 5.74) is 5.58. The zero-order valence-electron chi connectivity index (χ0n) is 10.1. The fraction of sp³-hybridized carbons (Fsp3) is 0.333. The van der Waals surface area contributed by atoms with Crippen LogP contribution >= 0.6 is 0 Å². The van der Waals surface area contributed by atoms with Crippen molar-refractivity contribution < 1.29 is 12.8 Å². The van der Waals surface area contributed by atoms with Gasteiger partial charge in [-0.2, -0.15) is 4.31 Å². The lowest BCUT2D eigenvalue weighted by Gasteiger charge is -2.23. The highest BCUT2D eigenvalue weighted by atomic mass is 32.2. The molecule has 0 spiro atoms. The third kappa shape index (κ3) is 2.26. The van der Waals surface area contributed by atoms with Crippen molar-refractivity contribution >= 4 is 15.7 Å². The lowest BCUT2D eigenvalue weighted by Crippen LogP contribution is -2.33. The first-order chi connectivity index (χ1) is 8.43. The Morgan fingerprint density at radius 3 is 2.61 bits per heavy atom. The van der Waals surface area contributed by atoms with Crippen molar-refractivity contribution in [1.29, 1.82) is 0 Å². The molecule has 1 aliphatic heterocycles. The normalized spacial score (nSPS) is 17.0. The van der Waals surface area contributed by atoms with Gasteiger partial charge in [0.05, 0.1) is 10.6 Å². The van der Waals surface area contributed by atoms with E-state index in [1.54, 1.807) is 6.08 Å². The fourth-order valence-electron chi connectivity index (χ4n) is 1.90. The summed E-state index contributed by atoms with van der Waals surface area (Å²) in [4.78, 5) is 0.0502. The molecular weight excluding hydrogens is 255 g/mol. The minimum Gasteiger partial charge on any atom is -0.396 e. The number of nitrogens with two attached hydrogens (primary N) is 1. The van der Waals surface area contributed by atoms with Crippen LogP contribution in [0.5, 0.6) is 0 Å². The van der Waals surface area contributed by atoms with E-state index in [9.17, 15) is 12.8 Å². The zero-order valence-corrected chi connectivity index (χ0v) is 10.9. The highest BCUT2D eigenvalue weighted by Crippen LogP contribution is 2.24. The zero-order chi connectivity index (χ0) is 13.3. The second-order valence-electron chi connectivity index (χ2n) is 4.27. The maximum atomic E-state index is 13.4. The number of aryl methyl sites for hydroxylation is 1. The Labute approximate surface area is 106 Å². The standard InChI is InChI=1S/C12H15FN2O2S/c1-9-7-10(8-11(14)12(9)13)18(16,17)15-5-3-2-4-6-15/h2-3,7-8H,4-6,14H2,1H3. The number of sulfonamides is 1. The van der Waals surface area contributed by atoms with Crippen LogP contribution in [0.25, 0.3) is 0 Å². The Balaban J connectivity index is 2.44. The molecule has 6 heteroatoms. The first-order valence-corrected chi connectivity index (χ1v) is 7.07. The van der Waals surface area contributed by atoms with E-state index in [2.05, 4.69) is 0 Å². The van der Waals surface area contributed by atoms with Crippen molar-refractivity contribution in [2.75, 3.05) is 18.8 Å². The van der Waals surface area contributed by atoms with Gasteiger partial charge in [-0.05, 0) is 31.0 Å². The van der Waals surface area contributed by atoms with Crippen molar-refractivity contribution in [2.45, 2.75) is 18.2 Å². The fourth-order valence-corrected chi connectivity index (χ4v) is 3.43. The molecule has 0 aromatic heterocycles. The first-order valence-electron chi connectivity index (χ1n) is 5.63. The van der Waals surface area contributed by atoms with Crippen LogP contribution in [-0.2, 0) is 10.0 Å². The molecule has 0 fully saturated rings. The minimum atomic E-state index is -3.59. The minimum absolute atomic E-state index is 0.0502. The van der Waals surface area contributed by atoms with Gasteiger partial charge in [0.25, 0.3) is 0 Å². The van der Waals surface area contributed by atoms with Crippen molar-refractivity contribution in [2.24, 2.45) is 0 Å². The molecule has 98 valence electrons. The number of hydrogen-bond acceptors (Lipinski definition) is 3. The number of halogens is 1. The molecule has 0 amide bonds. The SMILES string of the molecule is Cc1cc(S(=O)(=O)N2CC=CCC2)cc(N)c1F. The molecule has 0 saturated carbocycles. The largest absolute Gasteiger partial charge is 0.396 e. The van der Waals surface area contributed by atoms with E-state index < -0.39 is 15.8 Å². The number of hydrogen-bond donors (Lipinski definition) is 1. The summed E-state index contributed by atoms with van der Waals surface area (Å²) in [6.07, 6.45) is 4.44. The molecule has 0 unspecified atom stereocenters. The van der Waals surface area contributed by atoms with Crippen molar-refractivity contribution in [3.8, 4) is 0 Å². The van der Waals surface area contributed by atoms with Crippen LogP contribution in [0.3, 0.4) is 0 Å². The Morgan fingerprint density at radius 1 is 1.33 bits per heavy atom. The van der Waals surface area contributed by atoms with Gasteiger partial charge in [0.2, 0.25) is 10.0 Å². The molecule has 2 rings (SSSR count). The van der Waals surface area contributed by atoms with Crippen LogP contribution in [0.1, 0.15) is 12.0 Å². The lowest BCUT2D eigenvalue weighted by molar-refractivity contribution is 0.437. The Morgan fingerprint density at radius 2 is 2.06 bits per heavy atom. The summed E-state index contributed by atoms with van der Waals surface area (Å²) >= 11 is 0. The van der Waals surface area contributed by atoms with Crippen LogP contribution < -0.4 is 5.73 Å². The predicted octanol–water partition coefficient (Wildman–Crippen LogP) is 1.67. The highest BCUT2D eigenvalue weighted by Gasteiger charge is 2.25. The maximum Gasteiger partial charge on any atom is 0.243 e. The molecule has 1 heterocycles. The van der Waals surface area contributed by atoms with Crippen molar-refractivity contribution in [3.05, 3.63) is 35.7 Å². The van der Waals surface area contributed by atoms with Gasteiger partial charge in [-0.15, -0.1) is 0 Å². The molecule has 0 bridgehead atoms. The molecule has 1 aromatic carbocycles. The van der Waals surface area contributed by atoms with E-state index >= 15 is 0 Å². The summed E-state index contributed by atoms with van der Waals surface area (Å²) < 4.78 is 39.4. The van der Waals surface area contributed by atoms with E-state index in [-0.39, 0.29) is 16.1 Å². The molecule has 18 heavy (non-hydrogen) atoms. The van der Waals surface area contributed by atoms with E-state index in [0.717, 1.165) is 0 Å². The van der Waals surface area contributed by atoms with Crippen LogP contribution in [0.15, 0.2) is 29.2 Å². The second-order valence-corrected chi connectivity index (χ2v) is 6.20. The van der Waals surface area contributed by atoms with Gasteiger partial charge in [0.15, 0.2) is 0 Å². The van der Waals surface area contributed by atoms with Crippen molar-refractivity contribution in [3.63, 3.8) is 0 Å². The quantitative estimate of drug-likeness (QED) is 0.656. The van der Waals surface area contributed by atoms with Crippen LogP contribution in [-0.4, -0.2) is 25.8 Å². The summed E-state index contributed by atoms with van der Waals surface area (Å²) in [6, 6.07) is 2.50. The molecule has 1 aliphatic rings. The van der Waals surface area contributed by atoms with Crippen LogP contribution in [0, 0.1) is 12.7 Å². The van der Waals surface area contributed by atoms with Gasteiger partial charge < -0.3 is 5.73 Å². The summed E-state index contributed by atoms with van der Waals surface area (Å²) in [7, 11) is -3.59. The van der Waals surface area contributed by atoms with Gasteiger partial charge in [0, 0.05) is 13.1 Å². The molecule has 2 N–H and O–H groups in total. The van der Waals surface area contributed by atoms with Gasteiger partial charge in [0.1, 0.15) is 5.82 Å². The number of anilines is 1. The molecule has 0 radical (unpaired) electrons. The number of rotatable bonds is 2. The first kappa shape index (κ1) is 13.0. The summed E-state index contributed by atoms with van der Waals surface area (Å²) in [6.45, 7) is 2.29. The Hall–Kier alpha value is -1.40. The van der Waals surface area contributed by atoms with E-state index in [4.69, 9.17) is 5.73 Å². The molecule has 0 atom stereocenters. The highest BCUT2D eigenvalue weighted by molar-refractivity contribution is 7.89. The van der Waals surface area contributed by atoms with Gasteiger partial charge in [-0.25, -0.2) is 12.8 Å².